The van der Waals surface area contributed by atoms with Crippen LogP contribution in [0.15, 0.2) is 77.7 Å². The Bertz CT molecular complexity index is 1180. The van der Waals surface area contributed by atoms with Crippen LogP contribution in [0.5, 0.6) is 0 Å². The number of hydrogen-bond acceptors (Lipinski definition) is 4. The molecule has 3 aromatic carbocycles. The largest absolute Gasteiger partial charge is 0.323 e. The zero-order valence-electron chi connectivity index (χ0n) is 17.8. The zero-order valence-corrected chi connectivity index (χ0v) is 19.4. The number of anilines is 3. The smallest absolute Gasteiger partial charge is 0.260 e. The molecule has 2 amide bonds. The van der Waals surface area contributed by atoms with E-state index >= 15 is 0 Å². The number of benzene rings is 3. The second-order valence-electron chi connectivity index (χ2n) is 7.33. The number of carbonyl (C=O) groups is 2. The Kier molecular flexibility index (Phi) is 6.62. The van der Waals surface area contributed by atoms with Gasteiger partial charge in [-0.05, 0) is 35.9 Å². The number of rotatable bonds is 6. The van der Waals surface area contributed by atoms with Crippen LogP contribution in [-0.2, 0) is 21.5 Å². The molecule has 0 saturated carbocycles. The first kappa shape index (κ1) is 22.1. The van der Waals surface area contributed by atoms with Crippen molar-refractivity contribution in [2.24, 2.45) is 0 Å². The van der Waals surface area contributed by atoms with Crippen LogP contribution in [0.1, 0.15) is 15.9 Å². The minimum atomic E-state index is -1.29. The molecule has 1 atom stereocenters. The number of nitrogens with zero attached hydrogens (tertiary/aromatic N) is 2. The predicted molar refractivity (Wildman–Crippen MR) is 132 cm³/mol. The lowest BCUT2D eigenvalue weighted by molar-refractivity contribution is -0.115. The van der Waals surface area contributed by atoms with Gasteiger partial charge in [0.25, 0.3) is 5.91 Å². The van der Waals surface area contributed by atoms with Crippen LogP contribution < -0.4 is 14.5 Å². The maximum Gasteiger partial charge on any atom is 0.260 e. The van der Waals surface area contributed by atoms with Crippen molar-refractivity contribution in [2.45, 2.75) is 10.6 Å². The monoisotopic (exact) mass is 465 g/mol. The second-order valence-corrected chi connectivity index (χ2v) is 9.78. The van der Waals surface area contributed by atoms with Crippen LogP contribution in [0.2, 0.25) is 0 Å². The van der Waals surface area contributed by atoms with E-state index in [0.29, 0.717) is 22.6 Å². The molecule has 0 aliphatic carbocycles. The molecule has 0 aromatic heterocycles. The molecule has 0 fully saturated rings. The van der Waals surface area contributed by atoms with Crippen LogP contribution >= 0.6 is 11.8 Å². The molecule has 1 N–H and O–H groups in total. The fourth-order valence-electron chi connectivity index (χ4n) is 3.49. The first-order valence-corrected chi connectivity index (χ1v) is 12.5. The molecule has 8 heteroatoms. The van der Waals surface area contributed by atoms with Gasteiger partial charge < -0.3 is 5.32 Å². The third kappa shape index (κ3) is 4.71. The van der Waals surface area contributed by atoms with E-state index in [1.165, 1.54) is 10.5 Å². The quantitative estimate of drug-likeness (QED) is 0.551. The molecule has 4 rings (SSSR count). The van der Waals surface area contributed by atoms with E-state index in [9.17, 15) is 13.8 Å². The summed E-state index contributed by atoms with van der Waals surface area (Å²) in [5.74, 6) is 0.254. The van der Waals surface area contributed by atoms with Gasteiger partial charge in [0, 0.05) is 24.0 Å². The highest BCUT2D eigenvalue weighted by atomic mass is 32.2. The number of amides is 2. The van der Waals surface area contributed by atoms with E-state index in [0.717, 1.165) is 10.6 Å². The number of carbonyl (C=O) groups excluding carboxylic acids is 2. The second kappa shape index (κ2) is 9.58. The van der Waals surface area contributed by atoms with Crippen LogP contribution in [0.3, 0.4) is 0 Å². The van der Waals surface area contributed by atoms with E-state index in [-0.39, 0.29) is 18.4 Å². The number of hydrogen-bond donors (Lipinski definition) is 1. The summed E-state index contributed by atoms with van der Waals surface area (Å²) in [6.45, 7) is -0.0738. The fourth-order valence-corrected chi connectivity index (χ4v) is 4.82. The van der Waals surface area contributed by atoms with Gasteiger partial charge in [-0.15, -0.1) is 11.8 Å². The van der Waals surface area contributed by atoms with Crippen molar-refractivity contribution >= 4 is 51.6 Å². The van der Waals surface area contributed by atoms with Gasteiger partial charge in [0.05, 0.1) is 22.6 Å². The number of fused-ring (bicyclic) bond motifs is 1. The molecule has 0 radical (unpaired) electrons. The summed E-state index contributed by atoms with van der Waals surface area (Å²) < 4.78 is 13.5. The molecule has 32 heavy (non-hydrogen) atoms. The fraction of sp³-hybridized carbons (Fsp3) is 0.167. The highest BCUT2D eigenvalue weighted by Gasteiger charge is 2.30. The van der Waals surface area contributed by atoms with Crippen molar-refractivity contribution < 1.29 is 13.8 Å². The SMILES string of the molecule is CN(c1ccccc1C(=O)N1CC(=O)Nc2cc(SCc3ccccc3)ccc21)S(C)=O. The maximum atomic E-state index is 13.5. The summed E-state index contributed by atoms with van der Waals surface area (Å²) in [5, 5.41) is 2.89. The van der Waals surface area contributed by atoms with Crippen molar-refractivity contribution in [2.75, 3.05) is 34.4 Å². The number of para-hydroxylation sites is 1. The van der Waals surface area contributed by atoms with Crippen LogP contribution in [-0.4, -0.2) is 35.9 Å². The minimum Gasteiger partial charge on any atom is -0.323 e. The molecule has 1 unspecified atom stereocenters. The molecule has 1 heterocycles. The van der Waals surface area contributed by atoms with Gasteiger partial charge in [0.15, 0.2) is 0 Å². The molecule has 0 saturated heterocycles. The average molecular weight is 466 g/mol. The third-order valence-corrected chi connectivity index (χ3v) is 7.22. The van der Waals surface area contributed by atoms with E-state index in [1.54, 1.807) is 53.6 Å². The van der Waals surface area contributed by atoms with Crippen molar-refractivity contribution in [3.8, 4) is 0 Å². The third-order valence-electron chi connectivity index (χ3n) is 5.19. The van der Waals surface area contributed by atoms with Crippen LogP contribution in [0, 0.1) is 0 Å². The molecular weight excluding hydrogens is 442 g/mol. The lowest BCUT2D eigenvalue weighted by Gasteiger charge is -2.30. The Morgan fingerprint density at radius 1 is 1.09 bits per heavy atom. The summed E-state index contributed by atoms with van der Waals surface area (Å²) in [6, 6.07) is 22.9. The number of thioether (sulfide) groups is 1. The summed E-state index contributed by atoms with van der Waals surface area (Å²) in [7, 11) is 0.390. The maximum absolute atomic E-state index is 13.5. The minimum absolute atomic E-state index is 0.0738. The van der Waals surface area contributed by atoms with Gasteiger partial charge in [-0.2, -0.15) is 0 Å². The summed E-state index contributed by atoms with van der Waals surface area (Å²) in [4.78, 5) is 28.4. The van der Waals surface area contributed by atoms with Crippen molar-refractivity contribution in [1.29, 1.82) is 0 Å². The topological polar surface area (TPSA) is 69.7 Å². The van der Waals surface area contributed by atoms with Gasteiger partial charge in [-0.3, -0.25) is 18.8 Å². The first-order chi connectivity index (χ1) is 15.4. The highest BCUT2D eigenvalue weighted by molar-refractivity contribution is 7.98. The standard InChI is InChI=1S/C24H23N3O3S2/c1-26(32(2)30)21-11-7-6-10-19(21)24(29)27-15-23(28)25-20-14-18(12-13-22(20)27)31-16-17-8-4-3-5-9-17/h3-14H,15-16H2,1-2H3,(H,25,28). The van der Waals surface area contributed by atoms with Crippen molar-refractivity contribution in [3.63, 3.8) is 0 Å². The summed E-state index contributed by atoms with van der Waals surface area (Å²) in [5.41, 5.74) is 3.42. The van der Waals surface area contributed by atoms with Gasteiger partial charge >= 0.3 is 0 Å². The Labute approximate surface area is 194 Å². The van der Waals surface area contributed by atoms with Gasteiger partial charge in [0.1, 0.15) is 17.5 Å². The lowest BCUT2D eigenvalue weighted by atomic mass is 10.1. The van der Waals surface area contributed by atoms with E-state index in [4.69, 9.17) is 0 Å². The molecule has 6 nitrogen and oxygen atoms in total. The van der Waals surface area contributed by atoms with Gasteiger partial charge in [0.2, 0.25) is 5.91 Å². The summed E-state index contributed by atoms with van der Waals surface area (Å²) in [6.07, 6.45) is 1.56. The van der Waals surface area contributed by atoms with E-state index in [2.05, 4.69) is 17.4 Å². The molecule has 0 bridgehead atoms. The van der Waals surface area contributed by atoms with Crippen LogP contribution in [0.4, 0.5) is 17.1 Å². The summed E-state index contributed by atoms with van der Waals surface area (Å²) >= 11 is 1.67. The normalized spacial score (nSPS) is 13.8. The Morgan fingerprint density at radius 2 is 1.81 bits per heavy atom. The van der Waals surface area contributed by atoms with E-state index in [1.807, 2.05) is 36.4 Å². The molecule has 164 valence electrons. The van der Waals surface area contributed by atoms with Gasteiger partial charge in [-0.1, -0.05) is 42.5 Å². The molecule has 1 aliphatic rings. The van der Waals surface area contributed by atoms with E-state index < -0.39 is 11.0 Å². The number of nitrogens with one attached hydrogen (secondary N) is 1. The Morgan fingerprint density at radius 3 is 2.56 bits per heavy atom. The molecular formula is C24H23N3O3S2. The molecule has 1 aliphatic heterocycles. The Hall–Kier alpha value is -3.10. The van der Waals surface area contributed by atoms with Gasteiger partial charge in [-0.25, -0.2) is 4.21 Å². The average Bonchev–Trinajstić information content (AvgIpc) is 2.81. The van der Waals surface area contributed by atoms with Crippen LogP contribution in [0.25, 0.3) is 0 Å². The predicted octanol–water partition coefficient (Wildman–Crippen LogP) is 4.31. The van der Waals surface area contributed by atoms with Crippen molar-refractivity contribution in [3.05, 3.63) is 83.9 Å². The zero-order chi connectivity index (χ0) is 22.7. The molecule has 0 spiro atoms. The highest BCUT2D eigenvalue weighted by Crippen LogP contribution is 2.36. The first-order valence-electron chi connectivity index (χ1n) is 10.0. The Balaban J connectivity index is 1.62. The lowest BCUT2D eigenvalue weighted by Crippen LogP contribution is -2.42. The van der Waals surface area contributed by atoms with Crippen molar-refractivity contribution in [1.82, 2.24) is 0 Å². The molecule has 3 aromatic rings.